The van der Waals surface area contributed by atoms with Crippen LogP contribution in [0.3, 0.4) is 0 Å². The van der Waals surface area contributed by atoms with Crippen LogP contribution in [-0.4, -0.2) is 54.6 Å². The monoisotopic (exact) mass is 334 g/mol. The molecule has 0 aliphatic carbocycles. The molecule has 4 aliphatic heterocycles. The van der Waals surface area contributed by atoms with E-state index in [1.807, 2.05) is 6.07 Å². The minimum absolute atomic E-state index is 0.0203. The number of carbonyl (C=O) groups is 1. The third kappa shape index (κ3) is 3.32. The Morgan fingerprint density at radius 1 is 1.17 bits per heavy atom. The van der Waals surface area contributed by atoms with Crippen molar-refractivity contribution in [3.05, 3.63) is 22.4 Å². The molecule has 5 heteroatoms. The highest BCUT2D eigenvalue weighted by Crippen LogP contribution is 2.33. The molecule has 0 spiro atoms. The van der Waals surface area contributed by atoms with E-state index in [9.17, 15) is 4.79 Å². The molecule has 1 aromatic heterocycles. The van der Waals surface area contributed by atoms with Gasteiger partial charge in [0.2, 0.25) is 0 Å². The highest BCUT2D eigenvalue weighted by Gasteiger charge is 2.39. The summed E-state index contributed by atoms with van der Waals surface area (Å²) < 4.78 is 6.05. The maximum atomic E-state index is 13.0. The zero-order valence-corrected chi connectivity index (χ0v) is 14.5. The van der Waals surface area contributed by atoms with Crippen LogP contribution in [-0.2, 0) is 9.53 Å². The molecule has 1 aromatic rings. The van der Waals surface area contributed by atoms with E-state index in [0.717, 1.165) is 24.5 Å². The number of thiophene rings is 1. The van der Waals surface area contributed by atoms with Crippen molar-refractivity contribution in [2.45, 2.75) is 44.2 Å². The minimum atomic E-state index is -0.189. The molecule has 0 aromatic carbocycles. The summed E-state index contributed by atoms with van der Waals surface area (Å²) in [6, 6.07) is 3.94. The number of piperidine rings is 4. The number of hydrogen-bond donors (Lipinski definition) is 0. The van der Waals surface area contributed by atoms with Crippen molar-refractivity contribution in [3.8, 4) is 0 Å². The summed E-state index contributed by atoms with van der Waals surface area (Å²) in [5, 5.41) is 2.06. The Hall–Kier alpha value is -0.910. The lowest BCUT2D eigenvalue weighted by molar-refractivity contribution is -0.165. The van der Waals surface area contributed by atoms with E-state index < -0.39 is 0 Å². The number of fused-ring (bicyclic) bond motifs is 3. The molecule has 126 valence electrons. The van der Waals surface area contributed by atoms with Crippen molar-refractivity contribution in [1.82, 2.24) is 9.80 Å². The van der Waals surface area contributed by atoms with Gasteiger partial charge < -0.3 is 4.74 Å². The van der Waals surface area contributed by atoms with Gasteiger partial charge in [0, 0.05) is 11.4 Å². The smallest absolute Gasteiger partial charge is 0.329 e. The average molecular weight is 334 g/mol. The standard InChI is InChI=1S/C18H26N2O2S/c21-18(22-15-13-19-10-6-14(15)7-11-19)17(16-5-4-12-23-16)20-8-2-1-3-9-20/h4-5,12,14-15,17H,1-3,6-11,13H2/t15-,17?/m0/s1. The van der Waals surface area contributed by atoms with Crippen LogP contribution in [0.5, 0.6) is 0 Å². The molecular weight excluding hydrogens is 308 g/mol. The molecule has 2 atom stereocenters. The topological polar surface area (TPSA) is 32.8 Å². The summed E-state index contributed by atoms with van der Waals surface area (Å²) in [6.45, 7) is 5.32. The molecule has 4 fully saturated rings. The van der Waals surface area contributed by atoms with Gasteiger partial charge in [0.25, 0.3) is 0 Å². The SMILES string of the molecule is O=C(O[C@H]1CN2CCC1CC2)C(c1cccs1)N1CCCCC1. The summed E-state index contributed by atoms with van der Waals surface area (Å²) in [4.78, 5) is 18.9. The Balaban J connectivity index is 1.48. The number of carbonyl (C=O) groups excluding carboxylic acids is 1. The summed E-state index contributed by atoms with van der Waals surface area (Å²) >= 11 is 1.68. The molecule has 0 N–H and O–H groups in total. The lowest BCUT2D eigenvalue weighted by atomic mass is 9.86. The number of esters is 1. The van der Waals surface area contributed by atoms with Gasteiger partial charge in [-0.1, -0.05) is 12.5 Å². The molecule has 4 saturated heterocycles. The fraction of sp³-hybridized carbons (Fsp3) is 0.722. The molecule has 0 saturated carbocycles. The van der Waals surface area contributed by atoms with Crippen LogP contribution in [0, 0.1) is 5.92 Å². The fourth-order valence-corrected chi connectivity index (χ4v) is 5.17. The van der Waals surface area contributed by atoms with Crippen LogP contribution in [0.4, 0.5) is 0 Å². The van der Waals surface area contributed by atoms with Gasteiger partial charge in [-0.3, -0.25) is 9.80 Å². The van der Waals surface area contributed by atoms with Crippen molar-refractivity contribution < 1.29 is 9.53 Å². The van der Waals surface area contributed by atoms with E-state index >= 15 is 0 Å². The largest absolute Gasteiger partial charge is 0.459 e. The average Bonchev–Trinajstić information content (AvgIpc) is 3.11. The molecular formula is C18H26N2O2S. The van der Waals surface area contributed by atoms with Crippen molar-refractivity contribution in [2.75, 3.05) is 32.7 Å². The lowest BCUT2D eigenvalue weighted by Gasteiger charge is -2.44. The Morgan fingerprint density at radius 2 is 1.96 bits per heavy atom. The van der Waals surface area contributed by atoms with Gasteiger partial charge in [-0.2, -0.15) is 0 Å². The fourth-order valence-electron chi connectivity index (χ4n) is 4.33. The molecule has 4 aliphatic rings. The summed E-state index contributed by atoms with van der Waals surface area (Å²) in [5.74, 6) is 0.558. The molecule has 1 unspecified atom stereocenters. The first-order valence-corrected chi connectivity index (χ1v) is 9.89. The molecule has 0 amide bonds. The van der Waals surface area contributed by atoms with Gasteiger partial charge in [0.05, 0.1) is 0 Å². The van der Waals surface area contributed by atoms with Gasteiger partial charge in [-0.25, -0.2) is 4.79 Å². The molecule has 5 rings (SSSR count). The van der Waals surface area contributed by atoms with Crippen LogP contribution >= 0.6 is 11.3 Å². The highest BCUT2D eigenvalue weighted by molar-refractivity contribution is 7.10. The highest BCUT2D eigenvalue weighted by atomic mass is 32.1. The van der Waals surface area contributed by atoms with Crippen LogP contribution in [0.15, 0.2) is 17.5 Å². The normalized spacial score (nSPS) is 32.6. The number of hydrogen-bond acceptors (Lipinski definition) is 5. The van der Waals surface area contributed by atoms with Crippen LogP contribution in [0.1, 0.15) is 43.0 Å². The second kappa shape index (κ2) is 6.91. The third-order valence-electron chi connectivity index (χ3n) is 5.66. The molecule has 4 nitrogen and oxygen atoms in total. The van der Waals surface area contributed by atoms with E-state index in [0.29, 0.717) is 5.92 Å². The predicted octanol–water partition coefficient (Wildman–Crippen LogP) is 2.91. The van der Waals surface area contributed by atoms with E-state index in [1.54, 1.807) is 11.3 Å². The van der Waals surface area contributed by atoms with Gasteiger partial charge in [-0.15, -0.1) is 11.3 Å². The van der Waals surface area contributed by atoms with Crippen molar-refractivity contribution in [2.24, 2.45) is 5.92 Å². The number of likely N-dealkylation sites (tertiary alicyclic amines) is 1. The Morgan fingerprint density at radius 3 is 2.57 bits per heavy atom. The van der Waals surface area contributed by atoms with E-state index in [-0.39, 0.29) is 18.1 Å². The first kappa shape index (κ1) is 15.6. The Bertz CT molecular complexity index is 519. The zero-order valence-electron chi connectivity index (χ0n) is 13.7. The molecule has 23 heavy (non-hydrogen) atoms. The van der Waals surface area contributed by atoms with Crippen molar-refractivity contribution >= 4 is 17.3 Å². The lowest BCUT2D eigenvalue weighted by Crippen LogP contribution is -2.52. The van der Waals surface area contributed by atoms with Crippen molar-refractivity contribution in [3.63, 3.8) is 0 Å². The summed E-state index contributed by atoms with van der Waals surface area (Å²) in [7, 11) is 0. The van der Waals surface area contributed by atoms with Gasteiger partial charge >= 0.3 is 5.97 Å². The van der Waals surface area contributed by atoms with E-state index in [2.05, 4.69) is 21.2 Å². The molecule has 2 bridgehead atoms. The number of rotatable bonds is 4. The zero-order chi connectivity index (χ0) is 15.6. The quantitative estimate of drug-likeness (QED) is 0.793. The molecule has 0 radical (unpaired) electrons. The minimum Gasteiger partial charge on any atom is -0.459 e. The predicted molar refractivity (Wildman–Crippen MR) is 91.5 cm³/mol. The van der Waals surface area contributed by atoms with Gasteiger partial charge in [-0.05, 0) is 69.2 Å². The number of ether oxygens (including phenoxy) is 1. The van der Waals surface area contributed by atoms with Crippen LogP contribution in [0.25, 0.3) is 0 Å². The van der Waals surface area contributed by atoms with E-state index in [1.165, 1.54) is 45.2 Å². The maximum Gasteiger partial charge on any atom is 0.329 e. The summed E-state index contributed by atoms with van der Waals surface area (Å²) in [5.41, 5.74) is 0. The summed E-state index contributed by atoms with van der Waals surface area (Å²) in [6.07, 6.45) is 6.14. The Kier molecular flexibility index (Phi) is 4.69. The molecule has 5 heterocycles. The van der Waals surface area contributed by atoms with E-state index in [4.69, 9.17) is 4.74 Å². The second-order valence-electron chi connectivity index (χ2n) is 7.13. The number of nitrogens with zero attached hydrogens (tertiary/aromatic N) is 2. The van der Waals surface area contributed by atoms with Crippen molar-refractivity contribution in [1.29, 1.82) is 0 Å². The van der Waals surface area contributed by atoms with Crippen LogP contribution < -0.4 is 0 Å². The second-order valence-corrected chi connectivity index (χ2v) is 8.11. The first-order chi connectivity index (χ1) is 11.3. The van der Waals surface area contributed by atoms with Gasteiger partial charge in [0.15, 0.2) is 0 Å². The van der Waals surface area contributed by atoms with Gasteiger partial charge in [0.1, 0.15) is 12.1 Å². The Labute approximate surface area is 142 Å². The first-order valence-electron chi connectivity index (χ1n) is 9.01. The van der Waals surface area contributed by atoms with Crippen LogP contribution in [0.2, 0.25) is 0 Å². The maximum absolute atomic E-state index is 13.0. The third-order valence-corrected chi connectivity index (χ3v) is 6.58.